The molecule has 10 nitrogen and oxygen atoms in total. The summed E-state index contributed by atoms with van der Waals surface area (Å²) in [5.41, 5.74) is 1.34. The van der Waals surface area contributed by atoms with Gasteiger partial charge in [0.2, 0.25) is 0 Å². The van der Waals surface area contributed by atoms with Gasteiger partial charge in [-0.3, -0.25) is 9.69 Å². The number of tetrazole rings is 1. The lowest BCUT2D eigenvalue weighted by Gasteiger charge is -2.35. The largest absolute Gasteiger partial charge is 0.497 e. The topological polar surface area (TPSA) is 111 Å². The first-order chi connectivity index (χ1) is 17.5. The molecule has 5 rings (SSSR count). The first-order valence-electron chi connectivity index (χ1n) is 12.4. The third kappa shape index (κ3) is 5.19. The molecule has 4 heterocycles. The Hall–Kier alpha value is -3.50. The average Bonchev–Trinajstić information content (AvgIpc) is 3.64. The Morgan fingerprint density at radius 2 is 2.17 bits per heavy atom. The van der Waals surface area contributed by atoms with Crippen LogP contribution in [0.2, 0.25) is 0 Å². The summed E-state index contributed by atoms with van der Waals surface area (Å²) in [5.74, 6) is 2.43. The van der Waals surface area contributed by atoms with Gasteiger partial charge in [0.15, 0.2) is 5.82 Å². The van der Waals surface area contributed by atoms with Gasteiger partial charge in [-0.05, 0) is 65.6 Å². The van der Waals surface area contributed by atoms with E-state index in [1.165, 1.54) is 0 Å². The molecule has 0 radical (unpaired) electrons. The fourth-order valence-electron chi connectivity index (χ4n) is 4.99. The van der Waals surface area contributed by atoms with Crippen LogP contribution in [0.25, 0.3) is 10.9 Å². The van der Waals surface area contributed by atoms with E-state index in [1.807, 2.05) is 36.4 Å². The minimum Gasteiger partial charge on any atom is -0.497 e. The van der Waals surface area contributed by atoms with Crippen LogP contribution in [0.3, 0.4) is 0 Å². The summed E-state index contributed by atoms with van der Waals surface area (Å²) in [6.07, 6.45) is 3.77. The number of pyridine rings is 1. The number of aromatic amines is 1. The summed E-state index contributed by atoms with van der Waals surface area (Å²) in [4.78, 5) is 18.4. The number of aromatic nitrogens is 5. The Morgan fingerprint density at radius 1 is 1.28 bits per heavy atom. The molecule has 4 aromatic rings. The van der Waals surface area contributed by atoms with Gasteiger partial charge >= 0.3 is 0 Å². The second-order valence-electron chi connectivity index (χ2n) is 9.60. The number of rotatable bonds is 10. The summed E-state index contributed by atoms with van der Waals surface area (Å²) in [5, 5.41) is 13.6. The van der Waals surface area contributed by atoms with Gasteiger partial charge in [-0.2, -0.15) is 0 Å². The molecular weight excluding hydrogens is 460 g/mol. The standard InChI is InChI=1S/C26H32N6O4/c1-17(2)24(25-28-29-30-32(25)16-22-7-5-11-36-22)31(15-21-6-4-10-35-21)14-19-12-18-13-20(34-3)8-9-23(18)27-26(19)33/h5,7-9,11-13,17,21,24H,4,6,10,14-16H2,1-3H3,(H,27,33)/t21-,24-/m0/s1. The number of furan rings is 1. The quantitative estimate of drug-likeness (QED) is 0.358. The average molecular weight is 493 g/mol. The summed E-state index contributed by atoms with van der Waals surface area (Å²) < 4.78 is 18.7. The Labute approximate surface area is 209 Å². The molecule has 0 saturated carbocycles. The molecule has 0 aliphatic carbocycles. The van der Waals surface area contributed by atoms with Crippen LogP contribution in [0.1, 0.15) is 49.9 Å². The molecule has 2 atom stereocenters. The van der Waals surface area contributed by atoms with Crippen molar-refractivity contribution in [2.75, 3.05) is 20.3 Å². The Bertz CT molecular complexity index is 1340. The predicted octanol–water partition coefficient (Wildman–Crippen LogP) is 3.54. The molecule has 1 aliphatic heterocycles. The number of fused-ring (bicyclic) bond motifs is 1. The third-order valence-corrected chi connectivity index (χ3v) is 6.70. The van der Waals surface area contributed by atoms with Gasteiger partial charge in [0.1, 0.15) is 18.1 Å². The number of ether oxygens (including phenoxy) is 2. The van der Waals surface area contributed by atoms with E-state index >= 15 is 0 Å². The van der Waals surface area contributed by atoms with Gasteiger partial charge in [-0.15, -0.1) is 5.10 Å². The fraction of sp³-hybridized carbons (Fsp3) is 0.462. The molecule has 0 amide bonds. The maximum absolute atomic E-state index is 13.1. The highest BCUT2D eigenvalue weighted by Crippen LogP contribution is 2.31. The Balaban J connectivity index is 1.51. The van der Waals surface area contributed by atoms with E-state index in [0.717, 1.165) is 47.7 Å². The van der Waals surface area contributed by atoms with Crippen molar-refractivity contribution in [1.29, 1.82) is 0 Å². The summed E-state index contributed by atoms with van der Waals surface area (Å²) in [6, 6.07) is 11.2. The summed E-state index contributed by atoms with van der Waals surface area (Å²) in [7, 11) is 1.64. The van der Waals surface area contributed by atoms with Crippen molar-refractivity contribution in [2.45, 2.75) is 51.9 Å². The van der Waals surface area contributed by atoms with E-state index in [-0.39, 0.29) is 23.6 Å². The van der Waals surface area contributed by atoms with Gasteiger partial charge in [0.05, 0.1) is 25.5 Å². The lowest BCUT2D eigenvalue weighted by molar-refractivity contribution is 0.0384. The van der Waals surface area contributed by atoms with Gasteiger partial charge in [0.25, 0.3) is 5.56 Å². The lowest BCUT2D eigenvalue weighted by Crippen LogP contribution is -2.40. The number of nitrogens with one attached hydrogen (secondary N) is 1. The molecule has 0 bridgehead atoms. The van der Waals surface area contributed by atoms with Crippen LogP contribution >= 0.6 is 0 Å². The van der Waals surface area contributed by atoms with E-state index in [4.69, 9.17) is 13.9 Å². The van der Waals surface area contributed by atoms with Crippen molar-refractivity contribution < 1.29 is 13.9 Å². The molecule has 1 aliphatic rings. The zero-order chi connectivity index (χ0) is 25.1. The molecule has 10 heteroatoms. The van der Waals surface area contributed by atoms with Crippen LogP contribution in [0, 0.1) is 5.92 Å². The fourth-order valence-corrected chi connectivity index (χ4v) is 4.99. The minimum absolute atomic E-state index is 0.0975. The van der Waals surface area contributed by atoms with E-state index in [2.05, 4.69) is 39.3 Å². The molecule has 3 aromatic heterocycles. The predicted molar refractivity (Wildman–Crippen MR) is 134 cm³/mol. The Morgan fingerprint density at radius 3 is 2.89 bits per heavy atom. The highest BCUT2D eigenvalue weighted by Gasteiger charge is 2.32. The van der Waals surface area contributed by atoms with Crippen molar-refractivity contribution >= 4 is 10.9 Å². The molecular formula is C26H32N6O4. The molecule has 190 valence electrons. The number of benzene rings is 1. The van der Waals surface area contributed by atoms with Crippen LogP contribution < -0.4 is 10.3 Å². The highest BCUT2D eigenvalue weighted by molar-refractivity contribution is 5.80. The molecule has 36 heavy (non-hydrogen) atoms. The van der Waals surface area contributed by atoms with Crippen molar-refractivity contribution in [2.24, 2.45) is 5.92 Å². The first-order valence-corrected chi connectivity index (χ1v) is 12.4. The van der Waals surface area contributed by atoms with Crippen molar-refractivity contribution in [3.63, 3.8) is 0 Å². The van der Waals surface area contributed by atoms with Crippen LogP contribution in [-0.4, -0.2) is 56.5 Å². The molecule has 0 unspecified atom stereocenters. The van der Waals surface area contributed by atoms with Gasteiger partial charge in [0, 0.05) is 36.2 Å². The zero-order valence-electron chi connectivity index (χ0n) is 20.9. The second kappa shape index (κ2) is 10.6. The highest BCUT2D eigenvalue weighted by atomic mass is 16.5. The first kappa shape index (κ1) is 24.2. The van der Waals surface area contributed by atoms with Gasteiger partial charge in [-0.1, -0.05) is 13.8 Å². The normalized spacial score (nSPS) is 16.9. The number of hydrogen-bond donors (Lipinski definition) is 1. The molecule has 1 N–H and O–H groups in total. The second-order valence-corrected chi connectivity index (χ2v) is 9.60. The summed E-state index contributed by atoms with van der Waals surface area (Å²) in [6.45, 7) is 6.59. The van der Waals surface area contributed by atoms with Crippen LogP contribution in [-0.2, 0) is 17.8 Å². The van der Waals surface area contributed by atoms with E-state index in [1.54, 1.807) is 18.1 Å². The lowest BCUT2D eigenvalue weighted by atomic mass is 9.99. The van der Waals surface area contributed by atoms with Crippen molar-refractivity contribution in [3.8, 4) is 5.75 Å². The van der Waals surface area contributed by atoms with Crippen molar-refractivity contribution in [1.82, 2.24) is 30.1 Å². The smallest absolute Gasteiger partial charge is 0.252 e. The zero-order valence-corrected chi connectivity index (χ0v) is 20.9. The molecule has 0 spiro atoms. The monoisotopic (exact) mass is 492 g/mol. The maximum Gasteiger partial charge on any atom is 0.252 e. The van der Waals surface area contributed by atoms with Crippen molar-refractivity contribution in [3.05, 3.63) is 70.2 Å². The minimum atomic E-state index is -0.139. The molecule has 1 aromatic carbocycles. The molecule has 1 saturated heterocycles. The Kier molecular flexibility index (Phi) is 7.15. The van der Waals surface area contributed by atoms with Crippen LogP contribution in [0.5, 0.6) is 5.75 Å². The van der Waals surface area contributed by atoms with E-state index in [0.29, 0.717) is 25.2 Å². The van der Waals surface area contributed by atoms with Crippen LogP contribution in [0.4, 0.5) is 0 Å². The van der Waals surface area contributed by atoms with Crippen LogP contribution in [0.15, 0.2) is 51.9 Å². The number of methoxy groups -OCH3 is 1. The molecule has 1 fully saturated rings. The number of nitrogens with zero attached hydrogens (tertiary/aromatic N) is 5. The maximum atomic E-state index is 13.1. The number of H-pyrrole nitrogens is 1. The SMILES string of the molecule is COc1ccc2[nH]c(=O)c(CN(C[C@@H]3CCCO3)[C@H](c3nnnn3Cc3ccco3)C(C)C)cc2c1. The van der Waals surface area contributed by atoms with Gasteiger partial charge in [-0.25, -0.2) is 4.68 Å². The number of hydrogen-bond acceptors (Lipinski definition) is 8. The third-order valence-electron chi connectivity index (χ3n) is 6.70. The van der Waals surface area contributed by atoms with E-state index < -0.39 is 0 Å². The summed E-state index contributed by atoms with van der Waals surface area (Å²) >= 11 is 0. The van der Waals surface area contributed by atoms with Gasteiger partial charge < -0.3 is 18.9 Å². The van der Waals surface area contributed by atoms with E-state index in [9.17, 15) is 4.79 Å².